The Morgan fingerprint density at radius 2 is 1.28 bits per heavy atom. The van der Waals surface area contributed by atoms with Crippen molar-refractivity contribution in [2.24, 2.45) is 11.8 Å². The molecule has 1 aliphatic carbocycles. The molecule has 1 aliphatic heterocycles. The quantitative estimate of drug-likeness (QED) is 0.560. The van der Waals surface area contributed by atoms with Crippen molar-refractivity contribution in [3.8, 4) is 0 Å². The van der Waals surface area contributed by atoms with Gasteiger partial charge in [0.15, 0.2) is 0 Å². The first-order valence-corrected chi connectivity index (χ1v) is 13.9. The Morgan fingerprint density at radius 3 is 1.69 bits per heavy atom. The normalized spacial score (nSPS) is 26.9. The SMILES string of the molecule is C[C@@H]1[C@H](CO[Si](c2ccccc2)(c2ccccc2)C(C)(C)C)[C@@H]1B1OC(C)(C)C(C)(C)O1. The molecule has 0 amide bonds. The van der Waals surface area contributed by atoms with E-state index in [0.717, 1.165) is 6.61 Å². The minimum Gasteiger partial charge on any atom is -0.407 e. The van der Waals surface area contributed by atoms with Crippen LogP contribution in [0.15, 0.2) is 60.7 Å². The van der Waals surface area contributed by atoms with Gasteiger partial charge >= 0.3 is 7.12 Å². The van der Waals surface area contributed by atoms with Crippen LogP contribution in [0.2, 0.25) is 10.9 Å². The lowest BCUT2D eigenvalue weighted by molar-refractivity contribution is 0.00578. The fourth-order valence-corrected chi connectivity index (χ4v) is 9.92. The molecule has 2 aromatic rings. The fraction of sp³-hybridized carbons (Fsp3) is 0.556. The molecule has 2 fully saturated rings. The van der Waals surface area contributed by atoms with Crippen molar-refractivity contribution in [2.45, 2.75) is 77.4 Å². The van der Waals surface area contributed by atoms with Crippen LogP contribution in [-0.4, -0.2) is 33.2 Å². The predicted molar refractivity (Wildman–Crippen MR) is 136 cm³/mol. The molecule has 0 aromatic heterocycles. The lowest BCUT2D eigenvalue weighted by Gasteiger charge is -2.43. The van der Waals surface area contributed by atoms with Crippen molar-refractivity contribution in [1.29, 1.82) is 0 Å². The highest BCUT2D eigenvalue weighted by Crippen LogP contribution is 2.58. The van der Waals surface area contributed by atoms with E-state index >= 15 is 0 Å². The maximum atomic E-state index is 7.18. The molecule has 32 heavy (non-hydrogen) atoms. The van der Waals surface area contributed by atoms with Gasteiger partial charge in [-0.1, -0.05) is 88.4 Å². The molecule has 172 valence electrons. The summed E-state index contributed by atoms with van der Waals surface area (Å²) in [5.74, 6) is 1.36. The minimum atomic E-state index is -2.51. The Kier molecular flexibility index (Phi) is 6.03. The third-order valence-corrected chi connectivity index (χ3v) is 13.1. The Morgan fingerprint density at radius 1 is 0.844 bits per heavy atom. The minimum absolute atomic E-state index is 0.00628. The zero-order chi connectivity index (χ0) is 23.4. The molecule has 2 aliphatic rings. The Labute approximate surface area is 196 Å². The van der Waals surface area contributed by atoms with Gasteiger partial charge in [0.1, 0.15) is 0 Å². The summed E-state index contributed by atoms with van der Waals surface area (Å²) in [6.07, 6.45) is 0. The molecular formula is C27H39BO3Si. The number of rotatable bonds is 6. The summed E-state index contributed by atoms with van der Waals surface area (Å²) >= 11 is 0. The van der Waals surface area contributed by atoms with Crippen LogP contribution < -0.4 is 10.4 Å². The molecular weight excluding hydrogens is 411 g/mol. The first kappa shape index (κ1) is 23.7. The molecule has 4 rings (SSSR count). The smallest absolute Gasteiger partial charge is 0.407 e. The zero-order valence-corrected chi connectivity index (χ0v) is 22.0. The molecule has 1 heterocycles. The molecule has 5 heteroatoms. The molecule has 1 saturated heterocycles. The summed E-state index contributed by atoms with van der Waals surface area (Å²) in [6.45, 7) is 18.6. The molecule has 0 bridgehead atoms. The van der Waals surface area contributed by atoms with Crippen LogP contribution in [0, 0.1) is 11.8 Å². The van der Waals surface area contributed by atoms with E-state index in [0.29, 0.717) is 17.7 Å². The van der Waals surface area contributed by atoms with Gasteiger partial charge in [-0.05, 0) is 54.9 Å². The molecule has 0 N–H and O–H groups in total. The number of hydrogen-bond acceptors (Lipinski definition) is 3. The van der Waals surface area contributed by atoms with Gasteiger partial charge in [-0.3, -0.25) is 0 Å². The van der Waals surface area contributed by atoms with Gasteiger partial charge in [-0.2, -0.15) is 0 Å². The lowest BCUT2D eigenvalue weighted by Crippen LogP contribution is -2.66. The van der Waals surface area contributed by atoms with Gasteiger partial charge in [-0.25, -0.2) is 0 Å². The lowest BCUT2D eigenvalue weighted by atomic mass is 9.79. The highest BCUT2D eigenvalue weighted by atomic mass is 28.4. The summed E-state index contributed by atoms with van der Waals surface area (Å²) in [6, 6.07) is 21.8. The second kappa shape index (κ2) is 8.12. The molecule has 3 atom stereocenters. The van der Waals surface area contributed by atoms with E-state index in [-0.39, 0.29) is 23.4 Å². The number of benzene rings is 2. The van der Waals surface area contributed by atoms with Crippen molar-refractivity contribution >= 4 is 25.8 Å². The van der Waals surface area contributed by atoms with Gasteiger partial charge in [0.05, 0.1) is 11.2 Å². The van der Waals surface area contributed by atoms with Gasteiger partial charge in [0.25, 0.3) is 8.32 Å². The third-order valence-electron chi connectivity index (χ3n) is 8.13. The van der Waals surface area contributed by atoms with Crippen molar-refractivity contribution < 1.29 is 13.7 Å². The van der Waals surface area contributed by atoms with Crippen molar-refractivity contribution in [3.63, 3.8) is 0 Å². The van der Waals surface area contributed by atoms with Crippen LogP contribution in [0.4, 0.5) is 0 Å². The average molecular weight is 451 g/mol. The maximum Gasteiger partial charge on any atom is 0.461 e. The van der Waals surface area contributed by atoms with Crippen molar-refractivity contribution in [1.82, 2.24) is 0 Å². The van der Waals surface area contributed by atoms with Gasteiger partial charge in [0.2, 0.25) is 0 Å². The van der Waals surface area contributed by atoms with Crippen LogP contribution >= 0.6 is 0 Å². The summed E-state index contributed by atoms with van der Waals surface area (Å²) in [7, 11) is -2.66. The fourth-order valence-electron chi connectivity index (χ4n) is 5.32. The Bertz CT molecular complexity index is 867. The van der Waals surface area contributed by atoms with E-state index in [1.54, 1.807) is 0 Å². The monoisotopic (exact) mass is 450 g/mol. The van der Waals surface area contributed by atoms with Crippen LogP contribution in [0.3, 0.4) is 0 Å². The summed E-state index contributed by atoms with van der Waals surface area (Å²) < 4.78 is 20.0. The summed E-state index contributed by atoms with van der Waals surface area (Å²) in [4.78, 5) is 0. The van der Waals surface area contributed by atoms with Crippen LogP contribution in [0.1, 0.15) is 55.4 Å². The van der Waals surface area contributed by atoms with E-state index in [4.69, 9.17) is 13.7 Å². The largest absolute Gasteiger partial charge is 0.461 e. The highest BCUT2D eigenvalue weighted by molar-refractivity contribution is 6.99. The van der Waals surface area contributed by atoms with Gasteiger partial charge in [0, 0.05) is 12.4 Å². The summed E-state index contributed by atoms with van der Waals surface area (Å²) in [5, 5.41) is 2.66. The molecule has 0 unspecified atom stereocenters. The predicted octanol–water partition coefficient (Wildman–Crippen LogP) is 5.29. The first-order chi connectivity index (χ1) is 14.9. The van der Waals surface area contributed by atoms with Gasteiger partial charge < -0.3 is 13.7 Å². The van der Waals surface area contributed by atoms with Crippen molar-refractivity contribution in [2.75, 3.05) is 6.61 Å². The standard InChI is InChI=1S/C27H39BO3Si/c1-20-23(24(20)28-30-26(5,6)27(7,8)31-28)19-29-32(25(2,3)4,21-15-11-9-12-16-21)22-17-13-10-14-18-22/h9-18,20,23-24H,19H2,1-8H3/t20-,23+,24-/m1/s1. The Hall–Kier alpha value is -1.40. The maximum absolute atomic E-state index is 7.18. The first-order valence-electron chi connectivity index (χ1n) is 12.0. The van der Waals surface area contributed by atoms with E-state index in [9.17, 15) is 0 Å². The molecule has 0 radical (unpaired) electrons. The number of hydrogen-bond donors (Lipinski definition) is 0. The van der Waals surface area contributed by atoms with Crippen LogP contribution in [0.5, 0.6) is 0 Å². The molecule has 1 saturated carbocycles. The van der Waals surface area contributed by atoms with E-state index < -0.39 is 8.32 Å². The van der Waals surface area contributed by atoms with E-state index in [2.05, 4.69) is 116 Å². The second-order valence-electron chi connectivity index (χ2n) is 11.7. The van der Waals surface area contributed by atoms with Crippen LogP contribution in [0.25, 0.3) is 0 Å². The molecule has 0 spiro atoms. The van der Waals surface area contributed by atoms with Crippen LogP contribution in [-0.2, 0) is 13.7 Å². The summed E-state index contributed by atoms with van der Waals surface area (Å²) in [5.41, 5.74) is -0.577. The van der Waals surface area contributed by atoms with E-state index in [1.165, 1.54) is 10.4 Å². The van der Waals surface area contributed by atoms with Crippen molar-refractivity contribution in [3.05, 3.63) is 60.7 Å². The topological polar surface area (TPSA) is 27.7 Å². The van der Waals surface area contributed by atoms with E-state index in [1.807, 2.05) is 0 Å². The average Bonchev–Trinajstić information content (AvgIpc) is 3.30. The molecule has 3 nitrogen and oxygen atoms in total. The second-order valence-corrected chi connectivity index (χ2v) is 16.0. The zero-order valence-electron chi connectivity index (χ0n) is 21.0. The van der Waals surface area contributed by atoms with Gasteiger partial charge in [-0.15, -0.1) is 0 Å². The highest BCUT2D eigenvalue weighted by Gasteiger charge is 2.64. The third kappa shape index (κ3) is 3.92. The Balaban J connectivity index is 1.61. The molecule has 2 aromatic carbocycles.